The third kappa shape index (κ3) is 3.11. The van der Waals surface area contributed by atoms with Crippen molar-refractivity contribution < 1.29 is 4.79 Å². The van der Waals surface area contributed by atoms with Crippen LogP contribution < -0.4 is 11.5 Å². The lowest BCUT2D eigenvalue weighted by atomic mass is 10.1. The van der Waals surface area contributed by atoms with Crippen LogP contribution in [0.25, 0.3) is 0 Å². The number of hydrogen-bond acceptors (Lipinski definition) is 5. The van der Waals surface area contributed by atoms with Gasteiger partial charge in [0.1, 0.15) is 0 Å². The van der Waals surface area contributed by atoms with E-state index in [0.29, 0.717) is 17.3 Å². The molecule has 0 aliphatic heterocycles. The van der Waals surface area contributed by atoms with Gasteiger partial charge in [-0.15, -0.1) is 10.2 Å². The Bertz CT molecular complexity index is 623. The zero-order chi connectivity index (χ0) is 14.7. The molecule has 7 heteroatoms. The lowest BCUT2D eigenvalue weighted by Gasteiger charge is -2.11. The Morgan fingerprint density at radius 2 is 2.15 bits per heavy atom. The highest BCUT2D eigenvalue weighted by atomic mass is 32.2. The molecule has 0 fully saturated rings. The summed E-state index contributed by atoms with van der Waals surface area (Å²) < 4.78 is 1.88. The average Bonchev–Trinajstić information content (AvgIpc) is 2.78. The molecule has 0 aliphatic carbocycles. The lowest BCUT2D eigenvalue weighted by molar-refractivity contribution is 0.1000. The summed E-state index contributed by atoms with van der Waals surface area (Å²) in [5.41, 5.74) is 12.6. The molecule has 106 valence electrons. The van der Waals surface area contributed by atoms with Crippen LogP contribution in [0.2, 0.25) is 0 Å². The average molecular weight is 291 g/mol. The topological polar surface area (TPSA) is 99.8 Å². The van der Waals surface area contributed by atoms with Crippen molar-refractivity contribution >= 4 is 23.6 Å². The van der Waals surface area contributed by atoms with Crippen molar-refractivity contribution in [2.24, 2.45) is 5.73 Å². The highest BCUT2D eigenvalue weighted by Crippen LogP contribution is 2.25. The van der Waals surface area contributed by atoms with Gasteiger partial charge in [0, 0.05) is 17.4 Å². The Morgan fingerprint density at radius 1 is 1.40 bits per heavy atom. The fourth-order valence-electron chi connectivity index (χ4n) is 1.83. The fourth-order valence-corrected chi connectivity index (χ4v) is 2.85. The molecule has 1 amide bonds. The van der Waals surface area contributed by atoms with E-state index in [2.05, 4.69) is 10.2 Å². The van der Waals surface area contributed by atoms with Crippen LogP contribution in [0, 0.1) is 0 Å². The Balaban J connectivity index is 2.13. The first-order chi connectivity index (χ1) is 9.49. The number of nitrogens with two attached hydrogens (primary N) is 2. The molecule has 1 aromatic heterocycles. The summed E-state index contributed by atoms with van der Waals surface area (Å²) in [7, 11) is 0. The van der Waals surface area contributed by atoms with E-state index in [9.17, 15) is 4.79 Å². The molecule has 0 radical (unpaired) electrons. The molecule has 0 saturated carbocycles. The minimum absolute atomic E-state index is 0.199. The molecular weight excluding hydrogens is 274 g/mol. The largest absolute Gasteiger partial charge is 0.368 e. The Labute approximate surface area is 121 Å². The molecule has 2 aromatic rings. The number of thioether (sulfide) groups is 1. The summed E-state index contributed by atoms with van der Waals surface area (Å²) >= 11 is 1.53. The molecule has 0 unspecified atom stereocenters. The quantitative estimate of drug-likeness (QED) is 0.819. The van der Waals surface area contributed by atoms with Crippen LogP contribution in [0.5, 0.6) is 0 Å². The van der Waals surface area contributed by atoms with E-state index < -0.39 is 5.91 Å². The zero-order valence-electron chi connectivity index (χ0n) is 11.4. The van der Waals surface area contributed by atoms with E-state index in [0.717, 1.165) is 10.7 Å². The number of nitrogens with zero attached hydrogens (tertiary/aromatic N) is 3. The number of amides is 1. The number of nitrogen functional groups attached to an aromatic ring is 1. The summed E-state index contributed by atoms with van der Waals surface area (Å²) in [4.78, 5) is 11.1. The van der Waals surface area contributed by atoms with Gasteiger partial charge in [-0.3, -0.25) is 9.36 Å². The van der Waals surface area contributed by atoms with Gasteiger partial charge in [-0.1, -0.05) is 23.9 Å². The number of benzene rings is 1. The Morgan fingerprint density at radius 3 is 2.80 bits per heavy atom. The number of anilines is 1. The zero-order valence-corrected chi connectivity index (χ0v) is 12.2. The van der Waals surface area contributed by atoms with Gasteiger partial charge < -0.3 is 11.5 Å². The second kappa shape index (κ2) is 5.96. The Kier molecular flexibility index (Phi) is 4.29. The SMILES string of the molecule is CC(C)n1c(N)nnc1SCc1cccc(C(N)=O)c1. The number of carbonyl (C=O) groups excluding carboxylic acids is 1. The van der Waals surface area contributed by atoms with E-state index in [-0.39, 0.29) is 6.04 Å². The van der Waals surface area contributed by atoms with Crippen LogP contribution in [-0.2, 0) is 5.75 Å². The highest BCUT2D eigenvalue weighted by Gasteiger charge is 2.13. The van der Waals surface area contributed by atoms with E-state index in [4.69, 9.17) is 11.5 Å². The summed E-state index contributed by atoms with van der Waals surface area (Å²) in [5.74, 6) is 0.659. The van der Waals surface area contributed by atoms with Crippen LogP contribution >= 0.6 is 11.8 Å². The molecule has 0 bridgehead atoms. The molecule has 0 aliphatic rings. The summed E-state index contributed by atoms with van der Waals surface area (Å²) in [6, 6.07) is 7.44. The highest BCUT2D eigenvalue weighted by molar-refractivity contribution is 7.98. The van der Waals surface area contributed by atoms with Crippen molar-refractivity contribution in [3.8, 4) is 0 Å². The van der Waals surface area contributed by atoms with Gasteiger partial charge in [0.15, 0.2) is 5.16 Å². The normalized spacial score (nSPS) is 10.9. The maximum Gasteiger partial charge on any atom is 0.248 e. The standard InChI is InChI=1S/C13H17N5OS/c1-8(2)18-12(15)16-17-13(18)20-7-9-4-3-5-10(6-9)11(14)19/h3-6,8H,7H2,1-2H3,(H2,14,19)(H2,15,16). The van der Waals surface area contributed by atoms with Gasteiger partial charge in [0.05, 0.1) is 0 Å². The van der Waals surface area contributed by atoms with Crippen molar-refractivity contribution in [2.45, 2.75) is 30.8 Å². The van der Waals surface area contributed by atoms with E-state index >= 15 is 0 Å². The van der Waals surface area contributed by atoms with E-state index in [1.165, 1.54) is 11.8 Å². The molecule has 20 heavy (non-hydrogen) atoms. The van der Waals surface area contributed by atoms with Gasteiger partial charge in [0.25, 0.3) is 0 Å². The van der Waals surface area contributed by atoms with Crippen LogP contribution in [0.3, 0.4) is 0 Å². The summed E-state index contributed by atoms with van der Waals surface area (Å²) in [5, 5.41) is 8.73. The van der Waals surface area contributed by atoms with Gasteiger partial charge >= 0.3 is 0 Å². The molecule has 0 atom stereocenters. The molecular formula is C13H17N5OS. The van der Waals surface area contributed by atoms with Crippen LogP contribution in [0.1, 0.15) is 35.8 Å². The second-order valence-electron chi connectivity index (χ2n) is 4.66. The maximum absolute atomic E-state index is 11.1. The predicted octanol–water partition coefficient (Wildman–Crippen LogP) is 1.83. The first-order valence-electron chi connectivity index (χ1n) is 6.21. The minimum Gasteiger partial charge on any atom is -0.368 e. The molecule has 1 heterocycles. The van der Waals surface area contributed by atoms with Crippen molar-refractivity contribution in [1.82, 2.24) is 14.8 Å². The predicted molar refractivity (Wildman–Crippen MR) is 79.3 cm³/mol. The monoisotopic (exact) mass is 291 g/mol. The third-order valence-electron chi connectivity index (χ3n) is 2.79. The van der Waals surface area contributed by atoms with Gasteiger partial charge in [-0.25, -0.2) is 0 Å². The Hall–Kier alpha value is -2.02. The first-order valence-corrected chi connectivity index (χ1v) is 7.19. The minimum atomic E-state index is -0.425. The molecule has 0 saturated heterocycles. The summed E-state index contributed by atoms with van der Waals surface area (Å²) in [6.07, 6.45) is 0. The van der Waals surface area contributed by atoms with Crippen LogP contribution in [0.4, 0.5) is 5.95 Å². The first kappa shape index (κ1) is 14.4. The number of aromatic nitrogens is 3. The van der Waals surface area contributed by atoms with Crippen molar-refractivity contribution in [3.63, 3.8) is 0 Å². The summed E-state index contributed by atoms with van der Waals surface area (Å²) in [6.45, 7) is 4.05. The molecule has 0 spiro atoms. The van der Waals surface area contributed by atoms with Gasteiger partial charge in [0.2, 0.25) is 11.9 Å². The fraction of sp³-hybridized carbons (Fsp3) is 0.308. The molecule has 4 N–H and O–H groups in total. The van der Waals surface area contributed by atoms with Crippen molar-refractivity contribution in [3.05, 3.63) is 35.4 Å². The van der Waals surface area contributed by atoms with Crippen LogP contribution in [0.15, 0.2) is 29.4 Å². The van der Waals surface area contributed by atoms with Crippen LogP contribution in [-0.4, -0.2) is 20.7 Å². The van der Waals surface area contributed by atoms with Crippen molar-refractivity contribution in [2.75, 3.05) is 5.73 Å². The number of carbonyl (C=O) groups is 1. The van der Waals surface area contributed by atoms with E-state index in [1.54, 1.807) is 12.1 Å². The van der Waals surface area contributed by atoms with Gasteiger partial charge in [-0.2, -0.15) is 0 Å². The molecule has 6 nitrogen and oxygen atoms in total. The maximum atomic E-state index is 11.1. The number of hydrogen-bond donors (Lipinski definition) is 2. The molecule has 1 aromatic carbocycles. The van der Waals surface area contributed by atoms with E-state index in [1.807, 2.05) is 30.5 Å². The smallest absolute Gasteiger partial charge is 0.248 e. The second-order valence-corrected chi connectivity index (χ2v) is 5.60. The van der Waals surface area contributed by atoms with Crippen molar-refractivity contribution in [1.29, 1.82) is 0 Å². The lowest BCUT2D eigenvalue weighted by Crippen LogP contribution is -2.10. The number of rotatable bonds is 5. The third-order valence-corrected chi connectivity index (χ3v) is 3.80. The van der Waals surface area contributed by atoms with Gasteiger partial charge in [-0.05, 0) is 31.5 Å². The molecule has 2 rings (SSSR count). The number of primary amides is 1.